The zero-order chi connectivity index (χ0) is 12.3. The number of alkyl halides is 3. The Labute approximate surface area is 93.7 Å². The maximum atomic E-state index is 12.8. The third kappa shape index (κ3) is 3.33. The van der Waals surface area contributed by atoms with Crippen molar-refractivity contribution in [1.82, 2.24) is 4.90 Å². The Morgan fingerprint density at radius 2 is 2.06 bits per heavy atom. The smallest absolute Gasteiger partial charge is 0.380 e. The number of likely N-dealkylation sites (tertiary alicyclic amines) is 1. The molecule has 0 aromatic carbocycles. The molecular weight excluding hydrogens is 221 g/mol. The Hall–Kier alpha value is -0.330. The largest absolute Gasteiger partial charge is 0.405 e. The molecule has 1 rings (SSSR count). The van der Waals surface area contributed by atoms with Gasteiger partial charge in [-0.3, -0.25) is 4.90 Å². The van der Waals surface area contributed by atoms with Crippen LogP contribution in [0.25, 0.3) is 0 Å². The molecule has 0 spiro atoms. The molecule has 2 N–H and O–H groups in total. The molecule has 3 nitrogen and oxygen atoms in total. The second kappa shape index (κ2) is 5.33. The van der Waals surface area contributed by atoms with E-state index in [0.717, 1.165) is 12.8 Å². The van der Waals surface area contributed by atoms with E-state index in [1.807, 2.05) is 0 Å². The van der Waals surface area contributed by atoms with E-state index in [4.69, 9.17) is 10.5 Å². The highest BCUT2D eigenvalue weighted by atomic mass is 19.4. The van der Waals surface area contributed by atoms with Crippen molar-refractivity contribution in [3.63, 3.8) is 0 Å². The van der Waals surface area contributed by atoms with Gasteiger partial charge in [0.15, 0.2) is 0 Å². The number of piperidine rings is 1. The molecule has 0 bridgehead atoms. The van der Waals surface area contributed by atoms with Crippen LogP contribution >= 0.6 is 0 Å². The van der Waals surface area contributed by atoms with Crippen LogP contribution in [0.4, 0.5) is 13.2 Å². The maximum Gasteiger partial charge on any atom is 0.405 e. The van der Waals surface area contributed by atoms with E-state index in [1.165, 1.54) is 18.9 Å². The van der Waals surface area contributed by atoms with Crippen molar-refractivity contribution in [2.75, 3.05) is 20.2 Å². The summed E-state index contributed by atoms with van der Waals surface area (Å²) in [6.07, 6.45) is -2.85. The fourth-order valence-corrected chi connectivity index (χ4v) is 2.25. The van der Waals surface area contributed by atoms with Crippen molar-refractivity contribution in [3.05, 3.63) is 0 Å². The van der Waals surface area contributed by atoms with E-state index in [-0.39, 0.29) is 6.10 Å². The molecule has 16 heavy (non-hydrogen) atoms. The monoisotopic (exact) mass is 240 g/mol. The molecule has 1 fully saturated rings. The number of hydrogen-bond acceptors (Lipinski definition) is 3. The molecule has 0 saturated carbocycles. The number of nitrogens with two attached hydrogens (primary N) is 1. The minimum absolute atomic E-state index is 0.114. The van der Waals surface area contributed by atoms with Gasteiger partial charge in [-0.1, -0.05) is 0 Å². The summed E-state index contributed by atoms with van der Waals surface area (Å²) in [6.45, 7) is 2.14. The first-order chi connectivity index (χ1) is 7.36. The van der Waals surface area contributed by atoms with Crippen LogP contribution in [0.1, 0.15) is 19.8 Å². The standard InChI is InChI=1S/C10H19F3N2O/c1-7(14)9(10(11,12)13)15-5-3-4-8(6-15)16-2/h7-9H,3-6,14H2,1-2H3. The van der Waals surface area contributed by atoms with Gasteiger partial charge in [0.1, 0.15) is 6.04 Å². The Bertz CT molecular complexity index is 221. The number of methoxy groups -OCH3 is 1. The van der Waals surface area contributed by atoms with Gasteiger partial charge in [0.05, 0.1) is 6.10 Å². The van der Waals surface area contributed by atoms with E-state index < -0.39 is 18.3 Å². The number of hydrogen-bond donors (Lipinski definition) is 1. The third-order valence-electron chi connectivity index (χ3n) is 2.97. The molecule has 0 aliphatic carbocycles. The Morgan fingerprint density at radius 1 is 1.44 bits per heavy atom. The summed E-state index contributed by atoms with van der Waals surface area (Å²) in [5.74, 6) is 0. The summed E-state index contributed by atoms with van der Waals surface area (Å²) in [4.78, 5) is 1.39. The zero-order valence-electron chi connectivity index (χ0n) is 9.63. The molecule has 0 amide bonds. The Kier molecular flexibility index (Phi) is 4.58. The van der Waals surface area contributed by atoms with Gasteiger partial charge in [-0.15, -0.1) is 0 Å². The molecule has 1 aliphatic heterocycles. The number of rotatable bonds is 3. The van der Waals surface area contributed by atoms with Crippen LogP contribution < -0.4 is 5.73 Å². The molecule has 3 unspecified atom stereocenters. The molecule has 1 saturated heterocycles. The average Bonchev–Trinajstić information content (AvgIpc) is 2.15. The molecule has 0 aromatic heterocycles. The molecule has 96 valence electrons. The summed E-state index contributed by atoms with van der Waals surface area (Å²) in [6, 6.07) is -2.49. The third-order valence-corrected chi connectivity index (χ3v) is 2.97. The van der Waals surface area contributed by atoms with Crippen molar-refractivity contribution < 1.29 is 17.9 Å². The normalized spacial score (nSPS) is 27.8. The summed E-state index contributed by atoms with van der Waals surface area (Å²) in [5.41, 5.74) is 5.44. The molecule has 0 radical (unpaired) electrons. The van der Waals surface area contributed by atoms with Gasteiger partial charge in [0.2, 0.25) is 0 Å². The van der Waals surface area contributed by atoms with Gasteiger partial charge >= 0.3 is 6.18 Å². The fraction of sp³-hybridized carbons (Fsp3) is 1.00. The molecular formula is C10H19F3N2O. The van der Waals surface area contributed by atoms with Crippen LogP contribution in [-0.4, -0.2) is 49.5 Å². The molecule has 3 atom stereocenters. The van der Waals surface area contributed by atoms with Crippen molar-refractivity contribution >= 4 is 0 Å². The van der Waals surface area contributed by atoms with Crippen LogP contribution in [0.2, 0.25) is 0 Å². The van der Waals surface area contributed by atoms with Crippen molar-refractivity contribution in [2.45, 2.75) is 44.1 Å². The van der Waals surface area contributed by atoms with Gasteiger partial charge in [-0.05, 0) is 26.3 Å². The lowest BCUT2D eigenvalue weighted by atomic mass is 10.0. The summed E-state index contributed by atoms with van der Waals surface area (Å²) >= 11 is 0. The van der Waals surface area contributed by atoms with Crippen LogP contribution in [-0.2, 0) is 4.74 Å². The van der Waals surface area contributed by atoms with Gasteiger partial charge < -0.3 is 10.5 Å². The maximum absolute atomic E-state index is 12.8. The SMILES string of the molecule is COC1CCCN(C(C(C)N)C(F)(F)F)C1. The van der Waals surface area contributed by atoms with Gasteiger partial charge in [0.25, 0.3) is 0 Å². The topological polar surface area (TPSA) is 38.5 Å². The zero-order valence-corrected chi connectivity index (χ0v) is 9.63. The van der Waals surface area contributed by atoms with Crippen LogP contribution in [0.15, 0.2) is 0 Å². The van der Waals surface area contributed by atoms with E-state index in [2.05, 4.69) is 0 Å². The van der Waals surface area contributed by atoms with Crippen molar-refractivity contribution in [3.8, 4) is 0 Å². The summed E-state index contributed by atoms with van der Waals surface area (Å²) < 4.78 is 43.6. The van der Waals surface area contributed by atoms with E-state index in [1.54, 1.807) is 0 Å². The van der Waals surface area contributed by atoms with Crippen molar-refractivity contribution in [1.29, 1.82) is 0 Å². The number of nitrogens with zero attached hydrogens (tertiary/aromatic N) is 1. The van der Waals surface area contributed by atoms with Crippen LogP contribution in [0.5, 0.6) is 0 Å². The predicted molar refractivity (Wildman–Crippen MR) is 55.1 cm³/mol. The number of ether oxygens (including phenoxy) is 1. The first kappa shape index (κ1) is 13.7. The lowest BCUT2D eigenvalue weighted by Gasteiger charge is -2.40. The first-order valence-corrected chi connectivity index (χ1v) is 5.45. The van der Waals surface area contributed by atoms with Gasteiger partial charge in [-0.2, -0.15) is 13.2 Å². The number of halogens is 3. The average molecular weight is 240 g/mol. The highest BCUT2D eigenvalue weighted by molar-refractivity contribution is 4.89. The molecule has 0 aromatic rings. The van der Waals surface area contributed by atoms with Gasteiger partial charge in [-0.25, -0.2) is 0 Å². The Morgan fingerprint density at radius 3 is 2.50 bits per heavy atom. The summed E-state index contributed by atoms with van der Waals surface area (Å²) in [7, 11) is 1.53. The highest BCUT2D eigenvalue weighted by Crippen LogP contribution is 2.29. The second-order valence-electron chi connectivity index (χ2n) is 4.34. The lowest BCUT2D eigenvalue weighted by molar-refractivity contribution is -0.195. The van der Waals surface area contributed by atoms with Crippen LogP contribution in [0.3, 0.4) is 0 Å². The van der Waals surface area contributed by atoms with E-state index in [0.29, 0.717) is 13.1 Å². The minimum atomic E-state index is -4.27. The second-order valence-corrected chi connectivity index (χ2v) is 4.34. The molecule has 6 heteroatoms. The lowest BCUT2D eigenvalue weighted by Crippen LogP contribution is -2.58. The predicted octanol–water partition coefficient (Wildman–Crippen LogP) is 1.38. The fourth-order valence-electron chi connectivity index (χ4n) is 2.25. The summed E-state index contributed by atoms with van der Waals surface area (Å²) in [5, 5.41) is 0. The van der Waals surface area contributed by atoms with E-state index >= 15 is 0 Å². The van der Waals surface area contributed by atoms with E-state index in [9.17, 15) is 13.2 Å². The molecule has 1 heterocycles. The van der Waals surface area contributed by atoms with Crippen LogP contribution in [0, 0.1) is 0 Å². The quantitative estimate of drug-likeness (QED) is 0.810. The minimum Gasteiger partial charge on any atom is -0.380 e. The van der Waals surface area contributed by atoms with Crippen molar-refractivity contribution in [2.24, 2.45) is 5.73 Å². The highest BCUT2D eigenvalue weighted by Gasteiger charge is 2.46. The first-order valence-electron chi connectivity index (χ1n) is 5.45. The Balaban J connectivity index is 2.71. The molecule has 1 aliphatic rings. The van der Waals surface area contributed by atoms with Gasteiger partial charge in [0, 0.05) is 19.7 Å².